The summed E-state index contributed by atoms with van der Waals surface area (Å²) in [6, 6.07) is 0. The molecule has 0 aliphatic carbocycles. The molecular formula is C12H24O3. The van der Waals surface area contributed by atoms with E-state index in [0.717, 1.165) is 25.7 Å². The average Bonchev–Trinajstić information content (AvgIpc) is 2.22. The number of hydrogen-bond donors (Lipinski definition) is 1. The standard InChI is InChI=1S/C12H24O3/c1-4-6-12(8-13)7-11(5-2)9-15-10(3)14/h11-13H,4-9H2,1-3H3. The molecular weight excluding hydrogens is 192 g/mol. The van der Waals surface area contributed by atoms with Gasteiger partial charge in [-0.2, -0.15) is 0 Å². The van der Waals surface area contributed by atoms with Gasteiger partial charge >= 0.3 is 5.97 Å². The number of aliphatic hydroxyl groups excluding tert-OH is 1. The summed E-state index contributed by atoms with van der Waals surface area (Å²) >= 11 is 0. The van der Waals surface area contributed by atoms with Crippen LogP contribution in [0.2, 0.25) is 0 Å². The number of carbonyl (C=O) groups excluding carboxylic acids is 1. The maximum absolute atomic E-state index is 10.7. The Labute approximate surface area is 92.8 Å². The Kier molecular flexibility index (Phi) is 8.38. The highest BCUT2D eigenvalue weighted by molar-refractivity contribution is 5.65. The number of esters is 1. The number of carbonyl (C=O) groups is 1. The Hall–Kier alpha value is -0.570. The maximum Gasteiger partial charge on any atom is 0.302 e. The van der Waals surface area contributed by atoms with Gasteiger partial charge in [0.15, 0.2) is 0 Å². The second-order valence-electron chi connectivity index (χ2n) is 4.15. The van der Waals surface area contributed by atoms with E-state index in [4.69, 9.17) is 4.74 Å². The molecule has 0 aliphatic rings. The van der Waals surface area contributed by atoms with Gasteiger partial charge in [-0.1, -0.05) is 26.7 Å². The van der Waals surface area contributed by atoms with Crippen LogP contribution in [0.5, 0.6) is 0 Å². The van der Waals surface area contributed by atoms with Crippen LogP contribution >= 0.6 is 0 Å². The van der Waals surface area contributed by atoms with Crippen molar-refractivity contribution >= 4 is 5.97 Å². The predicted octanol–water partition coefficient (Wildman–Crippen LogP) is 2.37. The van der Waals surface area contributed by atoms with Gasteiger partial charge in [-0.15, -0.1) is 0 Å². The van der Waals surface area contributed by atoms with Crippen molar-refractivity contribution in [1.29, 1.82) is 0 Å². The van der Waals surface area contributed by atoms with Crippen molar-refractivity contribution in [1.82, 2.24) is 0 Å². The molecule has 2 unspecified atom stereocenters. The lowest BCUT2D eigenvalue weighted by atomic mass is 9.90. The van der Waals surface area contributed by atoms with E-state index in [1.165, 1.54) is 6.92 Å². The van der Waals surface area contributed by atoms with Crippen LogP contribution in [0.3, 0.4) is 0 Å². The molecule has 3 heteroatoms. The summed E-state index contributed by atoms with van der Waals surface area (Å²) in [5, 5.41) is 9.17. The van der Waals surface area contributed by atoms with Crippen LogP contribution in [0.25, 0.3) is 0 Å². The van der Waals surface area contributed by atoms with Crippen LogP contribution in [0, 0.1) is 11.8 Å². The van der Waals surface area contributed by atoms with Crippen LogP contribution in [0.4, 0.5) is 0 Å². The van der Waals surface area contributed by atoms with Crippen molar-refractivity contribution in [3.63, 3.8) is 0 Å². The molecule has 15 heavy (non-hydrogen) atoms. The van der Waals surface area contributed by atoms with Gasteiger partial charge in [0.2, 0.25) is 0 Å². The van der Waals surface area contributed by atoms with Gasteiger partial charge in [0.05, 0.1) is 6.61 Å². The van der Waals surface area contributed by atoms with Crippen LogP contribution in [-0.2, 0) is 9.53 Å². The molecule has 90 valence electrons. The monoisotopic (exact) mass is 216 g/mol. The SMILES string of the molecule is CCCC(CO)CC(CC)COC(C)=O. The van der Waals surface area contributed by atoms with Crippen LogP contribution in [-0.4, -0.2) is 24.3 Å². The maximum atomic E-state index is 10.7. The Morgan fingerprint density at radius 3 is 2.40 bits per heavy atom. The minimum atomic E-state index is -0.218. The first-order valence-corrected chi connectivity index (χ1v) is 5.88. The van der Waals surface area contributed by atoms with Crippen LogP contribution < -0.4 is 0 Å². The normalized spacial score (nSPS) is 14.7. The molecule has 0 bridgehead atoms. The van der Waals surface area contributed by atoms with Gasteiger partial charge in [0, 0.05) is 13.5 Å². The molecule has 0 radical (unpaired) electrons. The molecule has 0 aliphatic heterocycles. The number of rotatable bonds is 8. The highest BCUT2D eigenvalue weighted by Gasteiger charge is 2.15. The Bertz CT molecular complexity index is 168. The van der Waals surface area contributed by atoms with E-state index in [0.29, 0.717) is 18.4 Å². The van der Waals surface area contributed by atoms with E-state index < -0.39 is 0 Å². The molecule has 0 aromatic heterocycles. The molecule has 0 heterocycles. The van der Waals surface area contributed by atoms with E-state index in [9.17, 15) is 9.90 Å². The summed E-state index contributed by atoms with van der Waals surface area (Å²) in [5.74, 6) is 0.526. The first-order chi connectivity index (χ1) is 7.13. The smallest absolute Gasteiger partial charge is 0.302 e. The lowest BCUT2D eigenvalue weighted by Crippen LogP contribution is -2.17. The minimum Gasteiger partial charge on any atom is -0.466 e. The Morgan fingerprint density at radius 1 is 1.33 bits per heavy atom. The summed E-state index contributed by atoms with van der Waals surface area (Å²) < 4.78 is 5.00. The van der Waals surface area contributed by atoms with Crippen LogP contribution in [0.1, 0.15) is 46.5 Å². The topological polar surface area (TPSA) is 46.5 Å². The largest absolute Gasteiger partial charge is 0.466 e. The number of aliphatic hydroxyl groups is 1. The molecule has 1 N–H and O–H groups in total. The zero-order valence-electron chi connectivity index (χ0n) is 10.2. The molecule has 0 saturated heterocycles. The van der Waals surface area contributed by atoms with Crippen LogP contribution in [0.15, 0.2) is 0 Å². The quantitative estimate of drug-likeness (QED) is 0.634. The molecule has 3 nitrogen and oxygen atoms in total. The van der Waals surface area contributed by atoms with Crippen molar-refractivity contribution in [2.45, 2.75) is 46.5 Å². The average molecular weight is 216 g/mol. The Balaban J connectivity index is 3.88. The van der Waals surface area contributed by atoms with Crippen molar-refractivity contribution in [2.24, 2.45) is 11.8 Å². The first kappa shape index (κ1) is 14.4. The summed E-state index contributed by atoms with van der Waals surface area (Å²) in [6.45, 7) is 6.38. The minimum absolute atomic E-state index is 0.218. The summed E-state index contributed by atoms with van der Waals surface area (Å²) in [4.78, 5) is 10.7. The molecule has 0 spiro atoms. The number of hydrogen-bond acceptors (Lipinski definition) is 3. The highest BCUT2D eigenvalue weighted by Crippen LogP contribution is 2.19. The third kappa shape index (κ3) is 7.37. The summed E-state index contributed by atoms with van der Waals surface area (Å²) in [5.41, 5.74) is 0. The summed E-state index contributed by atoms with van der Waals surface area (Å²) in [6.07, 6.45) is 4.09. The van der Waals surface area contributed by atoms with Gasteiger partial charge in [0.1, 0.15) is 0 Å². The third-order valence-corrected chi connectivity index (χ3v) is 2.72. The fraction of sp³-hybridized carbons (Fsp3) is 0.917. The predicted molar refractivity (Wildman–Crippen MR) is 60.5 cm³/mol. The highest BCUT2D eigenvalue weighted by atomic mass is 16.5. The van der Waals surface area contributed by atoms with Crippen molar-refractivity contribution in [2.75, 3.05) is 13.2 Å². The van der Waals surface area contributed by atoms with Gasteiger partial charge < -0.3 is 9.84 Å². The van der Waals surface area contributed by atoms with Crippen molar-refractivity contribution in [3.05, 3.63) is 0 Å². The fourth-order valence-corrected chi connectivity index (χ4v) is 1.75. The van der Waals surface area contributed by atoms with E-state index in [2.05, 4.69) is 13.8 Å². The van der Waals surface area contributed by atoms with Crippen molar-refractivity contribution in [3.8, 4) is 0 Å². The number of ether oxygens (including phenoxy) is 1. The third-order valence-electron chi connectivity index (χ3n) is 2.72. The molecule has 0 saturated carbocycles. The van der Waals surface area contributed by atoms with E-state index in [1.54, 1.807) is 0 Å². The second kappa shape index (κ2) is 8.72. The van der Waals surface area contributed by atoms with E-state index in [1.807, 2.05) is 0 Å². The van der Waals surface area contributed by atoms with Gasteiger partial charge in [-0.25, -0.2) is 0 Å². The lowest BCUT2D eigenvalue weighted by Gasteiger charge is -2.20. The zero-order valence-corrected chi connectivity index (χ0v) is 10.2. The lowest BCUT2D eigenvalue weighted by molar-refractivity contribution is -0.142. The van der Waals surface area contributed by atoms with E-state index >= 15 is 0 Å². The molecule has 0 aromatic carbocycles. The van der Waals surface area contributed by atoms with Gasteiger partial charge in [-0.3, -0.25) is 4.79 Å². The van der Waals surface area contributed by atoms with Crippen molar-refractivity contribution < 1.29 is 14.6 Å². The molecule has 0 rings (SSSR count). The van der Waals surface area contributed by atoms with E-state index in [-0.39, 0.29) is 12.6 Å². The molecule has 0 fully saturated rings. The second-order valence-corrected chi connectivity index (χ2v) is 4.15. The molecule has 2 atom stereocenters. The van der Waals surface area contributed by atoms with Gasteiger partial charge in [0.25, 0.3) is 0 Å². The fourth-order valence-electron chi connectivity index (χ4n) is 1.75. The molecule has 0 aromatic rings. The van der Waals surface area contributed by atoms with Gasteiger partial charge in [-0.05, 0) is 24.7 Å². The summed E-state index contributed by atoms with van der Waals surface area (Å²) in [7, 11) is 0. The Morgan fingerprint density at radius 2 is 2.00 bits per heavy atom. The zero-order chi connectivity index (χ0) is 11.7. The first-order valence-electron chi connectivity index (χ1n) is 5.88. The molecule has 0 amide bonds.